The topological polar surface area (TPSA) is 67.3 Å². The van der Waals surface area contributed by atoms with Crippen LogP contribution in [0.25, 0.3) is 0 Å². The Hall–Kier alpha value is -2.22. The summed E-state index contributed by atoms with van der Waals surface area (Å²) in [6.07, 6.45) is 2.87. The average Bonchev–Trinajstić information content (AvgIpc) is 3.10. The number of hydrogen-bond acceptors (Lipinski definition) is 6. The molecule has 1 saturated heterocycles. The molecular formula is C15H17FN4O2S. The number of ether oxygens (including phenoxy) is 1. The van der Waals surface area contributed by atoms with E-state index in [9.17, 15) is 9.18 Å². The zero-order valence-electron chi connectivity index (χ0n) is 12.7. The molecule has 1 aliphatic rings. The van der Waals surface area contributed by atoms with Crippen molar-refractivity contribution < 1.29 is 13.9 Å². The lowest BCUT2D eigenvalue weighted by Gasteiger charge is -2.33. The monoisotopic (exact) mass is 336 g/mol. The van der Waals surface area contributed by atoms with Crippen molar-refractivity contribution in [1.82, 2.24) is 14.9 Å². The lowest BCUT2D eigenvalue weighted by Crippen LogP contribution is -2.45. The number of hydrogen-bond donors (Lipinski definition) is 1. The third kappa shape index (κ3) is 3.58. The van der Waals surface area contributed by atoms with Gasteiger partial charge in [-0.15, -0.1) is 11.3 Å². The van der Waals surface area contributed by atoms with Crippen LogP contribution in [0.5, 0.6) is 5.88 Å². The van der Waals surface area contributed by atoms with E-state index in [1.54, 1.807) is 0 Å². The highest BCUT2D eigenvalue weighted by Crippen LogP contribution is 2.20. The molecule has 2 aromatic rings. The van der Waals surface area contributed by atoms with Gasteiger partial charge in [0.1, 0.15) is 0 Å². The largest absolute Gasteiger partial charge is 0.479 e. The zero-order chi connectivity index (χ0) is 16.2. The molecule has 1 amide bonds. The molecule has 0 spiro atoms. The van der Waals surface area contributed by atoms with Crippen molar-refractivity contribution in [1.29, 1.82) is 0 Å². The zero-order valence-corrected chi connectivity index (χ0v) is 13.5. The summed E-state index contributed by atoms with van der Waals surface area (Å²) in [5.74, 6) is -0.344. The third-order valence-corrected chi connectivity index (χ3v) is 4.54. The Morgan fingerprint density at radius 3 is 3.17 bits per heavy atom. The van der Waals surface area contributed by atoms with E-state index >= 15 is 0 Å². The van der Waals surface area contributed by atoms with E-state index in [0.717, 1.165) is 30.5 Å². The summed E-state index contributed by atoms with van der Waals surface area (Å²) in [7, 11) is 1.36. The third-order valence-electron chi connectivity index (χ3n) is 3.68. The van der Waals surface area contributed by atoms with Crippen LogP contribution in [0.15, 0.2) is 23.7 Å². The number of halogens is 1. The first-order chi connectivity index (χ1) is 11.2. The number of likely N-dealkylation sites (tertiary alicyclic amines) is 1. The number of aromatic nitrogens is 2. The van der Waals surface area contributed by atoms with Crippen LogP contribution in [0.1, 0.15) is 22.5 Å². The second-order valence-corrected chi connectivity index (χ2v) is 6.21. The van der Waals surface area contributed by atoms with Gasteiger partial charge in [0, 0.05) is 19.1 Å². The maximum absolute atomic E-state index is 13.3. The summed E-state index contributed by atoms with van der Waals surface area (Å²) < 4.78 is 18.2. The number of nitrogens with one attached hydrogen (secondary N) is 1. The van der Waals surface area contributed by atoms with Crippen LogP contribution in [0.4, 0.5) is 10.3 Å². The van der Waals surface area contributed by atoms with E-state index in [4.69, 9.17) is 4.74 Å². The number of carbonyl (C=O) groups excluding carboxylic acids is 1. The summed E-state index contributed by atoms with van der Waals surface area (Å²) in [4.78, 5) is 22.9. The van der Waals surface area contributed by atoms with Crippen molar-refractivity contribution in [3.8, 4) is 5.88 Å². The summed E-state index contributed by atoms with van der Waals surface area (Å²) in [6, 6.07) is 3.73. The Kier molecular flexibility index (Phi) is 4.71. The van der Waals surface area contributed by atoms with Crippen molar-refractivity contribution in [3.05, 3.63) is 34.4 Å². The molecule has 0 radical (unpaired) electrons. The molecule has 0 aliphatic carbocycles. The summed E-state index contributed by atoms with van der Waals surface area (Å²) >= 11 is 1.44. The Morgan fingerprint density at radius 2 is 2.43 bits per heavy atom. The van der Waals surface area contributed by atoms with E-state index in [-0.39, 0.29) is 17.8 Å². The van der Waals surface area contributed by atoms with Gasteiger partial charge in [0.15, 0.2) is 0 Å². The van der Waals surface area contributed by atoms with Gasteiger partial charge in [-0.2, -0.15) is 9.37 Å². The predicted molar refractivity (Wildman–Crippen MR) is 85.4 cm³/mol. The van der Waals surface area contributed by atoms with Crippen molar-refractivity contribution in [3.63, 3.8) is 0 Å². The SMILES string of the molecule is COc1nc(NC2CCCN(C(=O)c3cccs3)C2)ncc1F. The van der Waals surface area contributed by atoms with Gasteiger partial charge in [-0.25, -0.2) is 4.98 Å². The predicted octanol–water partition coefficient (Wildman–Crippen LogP) is 2.40. The molecule has 0 aromatic carbocycles. The highest BCUT2D eigenvalue weighted by atomic mass is 32.1. The smallest absolute Gasteiger partial charge is 0.263 e. The molecular weight excluding hydrogens is 319 g/mol. The van der Waals surface area contributed by atoms with Crippen LogP contribution in [-0.2, 0) is 0 Å². The van der Waals surface area contributed by atoms with Crippen molar-refractivity contribution in [2.75, 3.05) is 25.5 Å². The van der Waals surface area contributed by atoms with Crippen LogP contribution in [0.2, 0.25) is 0 Å². The van der Waals surface area contributed by atoms with Crippen LogP contribution in [0.3, 0.4) is 0 Å². The van der Waals surface area contributed by atoms with E-state index in [1.165, 1.54) is 18.4 Å². The number of methoxy groups -OCH3 is 1. The van der Waals surface area contributed by atoms with E-state index < -0.39 is 5.82 Å². The molecule has 1 aliphatic heterocycles. The standard InChI is InChI=1S/C15H17FN4O2S/c1-22-13-11(16)8-17-15(19-13)18-10-4-2-6-20(9-10)14(21)12-5-3-7-23-12/h3,5,7-8,10H,2,4,6,9H2,1H3,(H,17,18,19). The minimum absolute atomic E-state index is 0.0304. The lowest BCUT2D eigenvalue weighted by atomic mass is 10.1. The average molecular weight is 336 g/mol. The van der Waals surface area contributed by atoms with Gasteiger partial charge in [-0.05, 0) is 24.3 Å². The second kappa shape index (κ2) is 6.91. The Bertz CT molecular complexity index is 680. The van der Waals surface area contributed by atoms with E-state index in [2.05, 4.69) is 15.3 Å². The minimum Gasteiger partial charge on any atom is -0.479 e. The number of piperidine rings is 1. The van der Waals surface area contributed by atoms with Crippen LogP contribution in [-0.4, -0.2) is 47.0 Å². The van der Waals surface area contributed by atoms with Crippen molar-refractivity contribution >= 4 is 23.2 Å². The first kappa shape index (κ1) is 15.7. The fraction of sp³-hybridized carbons (Fsp3) is 0.400. The molecule has 2 aromatic heterocycles. The summed E-state index contributed by atoms with van der Waals surface area (Å²) in [6.45, 7) is 1.31. The molecule has 1 atom stereocenters. The van der Waals surface area contributed by atoms with Gasteiger partial charge >= 0.3 is 0 Å². The molecule has 8 heteroatoms. The van der Waals surface area contributed by atoms with Crippen LogP contribution < -0.4 is 10.1 Å². The van der Waals surface area contributed by atoms with Gasteiger partial charge in [-0.3, -0.25) is 4.79 Å². The Balaban J connectivity index is 1.66. The summed E-state index contributed by atoms with van der Waals surface area (Å²) in [5.41, 5.74) is 0. The molecule has 6 nitrogen and oxygen atoms in total. The molecule has 23 heavy (non-hydrogen) atoms. The van der Waals surface area contributed by atoms with Crippen molar-refractivity contribution in [2.45, 2.75) is 18.9 Å². The number of rotatable bonds is 4. The number of anilines is 1. The maximum atomic E-state index is 13.3. The van der Waals surface area contributed by atoms with Gasteiger partial charge in [0.05, 0.1) is 18.2 Å². The number of carbonyl (C=O) groups is 1. The highest BCUT2D eigenvalue weighted by molar-refractivity contribution is 7.12. The molecule has 1 N–H and O–H groups in total. The van der Waals surface area contributed by atoms with Gasteiger partial charge in [0.25, 0.3) is 11.8 Å². The lowest BCUT2D eigenvalue weighted by molar-refractivity contribution is 0.0719. The normalized spacial score (nSPS) is 17.8. The first-order valence-electron chi connectivity index (χ1n) is 7.33. The van der Waals surface area contributed by atoms with E-state index in [0.29, 0.717) is 12.5 Å². The summed E-state index contributed by atoms with van der Waals surface area (Å²) in [5, 5.41) is 5.05. The maximum Gasteiger partial charge on any atom is 0.263 e. The number of thiophene rings is 1. The molecule has 3 heterocycles. The van der Waals surface area contributed by atoms with Crippen LogP contribution in [0, 0.1) is 5.82 Å². The van der Waals surface area contributed by atoms with Crippen molar-refractivity contribution in [2.24, 2.45) is 0 Å². The first-order valence-corrected chi connectivity index (χ1v) is 8.21. The molecule has 0 saturated carbocycles. The highest BCUT2D eigenvalue weighted by Gasteiger charge is 2.25. The second-order valence-electron chi connectivity index (χ2n) is 5.26. The van der Waals surface area contributed by atoms with Gasteiger partial charge < -0.3 is 15.0 Å². The van der Waals surface area contributed by atoms with Gasteiger partial charge in [0.2, 0.25) is 11.8 Å². The van der Waals surface area contributed by atoms with Crippen LogP contribution >= 0.6 is 11.3 Å². The fourth-order valence-corrected chi connectivity index (χ4v) is 3.27. The Morgan fingerprint density at radius 1 is 1.57 bits per heavy atom. The van der Waals surface area contributed by atoms with Gasteiger partial charge in [-0.1, -0.05) is 6.07 Å². The molecule has 122 valence electrons. The molecule has 1 unspecified atom stereocenters. The van der Waals surface area contributed by atoms with E-state index in [1.807, 2.05) is 22.4 Å². The quantitative estimate of drug-likeness (QED) is 0.929. The number of nitrogens with zero attached hydrogens (tertiary/aromatic N) is 3. The minimum atomic E-state index is -0.601. The Labute approximate surface area is 137 Å². The molecule has 1 fully saturated rings. The fourth-order valence-electron chi connectivity index (χ4n) is 2.58. The number of amides is 1. The molecule has 0 bridgehead atoms. The molecule has 3 rings (SSSR count).